The zero-order valence-electron chi connectivity index (χ0n) is 19.4. The van der Waals surface area contributed by atoms with Gasteiger partial charge in [0, 0.05) is 12.5 Å². The van der Waals surface area contributed by atoms with Crippen molar-refractivity contribution in [2.45, 2.75) is 45.3 Å². The third-order valence-electron chi connectivity index (χ3n) is 5.18. The molecule has 0 aromatic heterocycles. The highest BCUT2D eigenvalue weighted by molar-refractivity contribution is 7.40. The number of carbonyl (C=O) groups is 1. The van der Waals surface area contributed by atoms with Crippen LogP contribution in [0.25, 0.3) is 0 Å². The molecule has 1 heterocycles. The van der Waals surface area contributed by atoms with E-state index in [9.17, 15) is 9.69 Å². The number of rotatable bonds is 8. The number of allylic oxidation sites excluding steroid dienone is 1. The number of para-hydroxylation sites is 2. The molecule has 3 atom stereocenters. The fourth-order valence-corrected chi connectivity index (χ4v) is 4.14. The number of methoxy groups -OCH3 is 2. The Bertz CT molecular complexity index is 721. The molecule has 3 unspecified atom stereocenters. The molecule has 1 aliphatic carbocycles. The number of hydrogen-bond acceptors (Lipinski definition) is 9. The topological polar surface area (TPSA) is 95.9 Å². The van der Waals surface area contributed by atoms with Crippen molar-refractivity contribution >= 4 is 14.8 Å². The molecule has 3 rings (SSSR count). The summed E-state index contributed by atoms with van der Waals surface area (Å²) in [5.41, 5.74) is 0. The largest absolute Gasteiger partial charge is 0.510 e. The zero-order chi connectivity index (χ0) is 23.5. The molecule has 180 valence electrons. The van der Waals surface area contributed by atoms with Gasteiger partial charge in [-0.1, -0.05) is 12.1 Å². The number of benzene rings is 1. The first kappa shape index (κ1) is 26.2. The third kappa shape index (κ3) is 8.47. The van der Waals surface area contributed by atoms with E-state index in [0.717, 1.165) is 36.6 Å². The van der Waals surface area contributed by atoms with E-state index in [4.69, 9.17) is 23.3 Å². The summed E-state index contributed by atoms with van der Waals surface area (Å²) < 4.78 is 29.8. The Morgan fingerprint density at radius 1 is 1.22 bits per heavy atom. The Balaban J connectivity index is 0.000000303. The highest BCUT2D eigenvalue weighted by Gasteiger charge is 2.35. The summed E-state index contributed by atoms with van der Waals surface area (Å²) in [6, 6.07) is 8.00. The summed E-state index contributed by atoms with van der Waals surface area (Å²) in [5.74, 6) is 2.96. The fourth-order valence-electron chi connectivity index (χ4n) is 3.59. The Morgan fingerprint density at radius 3 is 2.47 bits per heavy atom. The van der Waals surface area contributed by atoms with Crippen molar-refractivity contribution in [3.05, 3.63) is 36.1 Å². The van der Waals surface area contributed by atoms with E-state index in [1.807, 2.05) is 30.3 Å². The molecular formula is C22H34NO8P. The summed E-state index contributed by atoms with van der Waals surface area (Å²) >= 11 is 0. The maximum absolute atomic E-state index is 11.1. The lowest BCUT2D eigenvalue weighted by atomic mass is 9.89. The van der Waals surface area contributed by atoms with Gasteiger partial charge in [0.2, 0.25) is 6.79 Å². The molecule has 0 radical (unpaired) electrons. The van der Waals surface area contributed by atoms with Crippen molar-refractivity contribution in [2.75, 3.05) is 34.6 Å². The van der Waals surface area contributed by atoms with Crippen LogP contribution in [0, 0.1) is 5.92 Å². The standard InChI is InChI=1S/C14H24NO6P.C8H10O2/c1-10(2)20-14(16)18-9-19-22(17)21-12-5-4-11-6-7-15(3)13(11)8-12;1-9-7-5-3-4-6-8(7)10-2/h5,10-11,13,17H,4,6-9H2,1-3H3;3-6H,1-2H3. The molecular weight excluding hydrogens is 437 g/mol. The predicted molar refractivity (Wildman–Crippen MR) is 120 cm³/mol. The lowest BCUT2D eigenvalue weighted by Crippen LogP contribution is -2.31. The molecule has 1 saturated heterocycles. The molecule has 0 saturated carbocycles. The molecule has 0 amide bonds. The van der Waals surface area contributed by atoms with Crippen LogP contribution in [0.15, 0.2) is 36.1 Å². The first-order valence-electron chi connectivity index (χ1n) is 10.5. The van der Waals surface area contributed by atoms with Crippen LogP contribution in [0.1, 0.15) is 33.1 Å². The average Bonchev–Trinajstić information content (AvgIpc) is 3.13. The molecule has 1 aromatic rings. The minimum atomic E-state index is -2.11. The van der Waals surface area contributed by atoms with Gasteiger partial charge in [-0.05, 0) is 64.4 Å². The normalized spacial score (nSPS) is 20.9. The van der Waals surface area contributed by atoms with Crippen molar-refractivity contribution in [1.29, 1.82) is 0 Å². The summed E-state index contributed by atoms with van der Waals surface area (Å²) in [6.07, 6.45) is 3.88. The molecule has 2 aliphatic rings. The van der Waals surface area contributed by atoms with E-state index in [0.29, 0.717) is 12.0 Å². The Hall–Kier alpha value is -2.06. The van der Waals surface area contributed by atoms with Crippen LogP contribution in [0.4, 0.5) is 4.79 Å². The van der Waals surface area contributed by atoms with Gasteiger partial charge in [0.05, 0.1) is 20.3 Å². The van der Waals surface area contributed by atoms with E-state index in [2.05, 4.69) is 16.7 Å². The molecule has 9 nitrogen and oxygen atoms in total. The predicted octanol–water partition coefficient (Wildman–Crippen LogP) is 4.46. The number of carbonyl (C=O) groups excluding carboxylic acids is 1. The zero-order valence-corrected chi connectivity index (χ0v) is 20.2. The van der Waals surface area contributed by atoms with Crippen LogP contribution in [0.3, 0.4) is 0 Å². The van der Waals surface area contributed by atoms with Crippen LogP contribution in [0.2, 0.25) is 0 Å². The van der Waals surface area contributed by atoms with E-state index in [-0.39, 0.29) is 6.10 Å². The Morgan fingerprint density at radius 2 is 1.88 bits per heavy atom. The summed E-state index contributed by atoms with van der Waals surface area (Å²) in [4.78, 5) is 23.2. The van der Waals surface area contributed by atoms with Gasteiger partial charge < -0.3 is 33.3 Å². The van der Waals surface area contributed by atoms with E-state index in [1.165, 1.54) is 6.42 Å². The van der Waals surface area contributed by atoms with Crippen molar-refractivity contribution in [2.24, 2.45) is 5.92 Å². The van der Waals surface area contributed by atoms with Gasteiger partial charge in [-0.2, -0.15) is 0 Å². The number of hydrogen-bond donors (Lipinski definition) is 1. The molecule has 1 aromatic carbocycles. The highest BCUT2D eigenvalue weighted by Crippen LogP contribution is 2.42. The third-order valence-corrected chi connectivity index (χ3v) is 5.89. The van der Waals surface area contributed by atoms with Crippen molar-refractivity contribution < 1.29 is 37.7 Å². The van der Waals surface area contributed by atoms with Crippen LogP contribution in [-0.4, -0.2) is 62.7 Å². The van der Waals surface area contributed by atoms with Gasteiger partial charge in [0.25, 0.3) is 0 Å². The number of ether oxygens (including phenoxy) is 4. The maximum atomic E-state index is 11.1. The monoisotopic (exact) mass is 471 g/mol. The average molecular weight is 471 g/mol. The number of nitrogens with zero attached hydrogens (tertiary/aromatic N) is 1. The Labute approximate surface area is 191 Å². The van der Waals surface area contributed by atoms with Gasteiger partial charge in [0.15, 0.2) is 11.5 Å². The van der Waals surface area contributed by atoms with E-state index in [1.54, 1.807) is 28.1 Å². The van der Waals surface area contributed by atoms with Gasteiger partial charge >= 0.3 is 14.8 Å². The first-order valence-corrected chi connectivity index (χ1v) is 11.7. The van der Waals surface area contributed by atoms with Gasteiger partial charge in [-0.25, -0.2) is 4.79 Å². The van der Waals surface area contributed by atoms with Gasteiger partial charge in [-0.15, -0.1) is 0 Å². The van der Waals surface area contributed by atoms with Crippen LogP contribution >= 0.6 is 8.60 Å². The Kier molecular flexibility index (Phi) is 11.0. The maximum Gasteiger partial charge on any atom is 0.510 e. The van der Waals surface area contributed by atoms with Crippen molar-refractivity contribution in [1.82, 2.24) is 4.90 Å². The SMILES string of the molecule is CC(C)OC(=O)OCOP(O)OC1=CCC2CCN(C)C2C1.COc1ccccc1OC. The second-order valence-electron chi connectivity index (χ2n) is 7.70. The molecule has 0 bridgehead atoms. The second-order valence-corrected chi connectivity index (χ2v) is 8.62. The second kappa shape index (κ2) is 13.5. The first-order chi connectivity index (χ1) is 15.3. The molecule has 1 aliphatic heterocycles. The van der Waals surface area contributed by atoms with Crippen LogP contribution in [0.5, 0.6) is 11.5 Å². The minimum Gasteiger partial charge on any atom is -0.493 e. The molecule has 0 spiro atoms. The molecule has 32 heavy (non-hydrogen) atoms. The fraction of sp³-hybridized carbons (Fsp3) is 0.591. The lowest BCUT2D eigenvalue weighted by Gasteiger charge is -2.29. The minimum absolute atomic E-state index is 0.261. The van der Waals surface area contributed by atoms with Gasteiger partial charge in [0.1, 0.15) is 5.76 Å². The number of fused-ring (bicyclic) bond motifs is 1. The lowest BCUT2D eigenvalue weighted by molar-refractivity contribution is -0.0122. The highest BCUT2D eigenvalue weighted by atomic mass is 31.2. The molecule has 1 fully saturated rings. The summed E-state index contributed by atoms with van der Waals surface area (Å²) in [5, 5.41) is 0. The van der Waals surface area contributed by atoms with E-state index >= 15 is 0 Å². The van der Waals surface area contributed by atoms with Gasteiger partial charge in [-0.3, -0.25) is 4.52 Å². The molecule has 10 heteroatoms. The van der Waals surface area contributed by atoms with Crippen LogP contribution < -0.4 is 9.47 Å². The summed E-state index contributed by atoms with van der Waals surface area (Å²) in [7, 11) is 3.25. The quantitative estimate of drug-likeness (QED) is 0.335. The summed E-state index contributed by atoms with van der Waals surface area (Å²) in [6.45, 7) is 4.14. The van der Waals surface area contributed by atoms with Crippen molar-refractivity contribution in [3.8, 4) is 11.5 Å². The van der Waals surface area contributed by atoms with E-state index < -0.39 is 21.6 Å². The number of likely N-dealkylation sites (tertiary alicyclic amines) is 1. The smallest absolute Gasteiger partial charge is 0.493 e. The van der Waals surface area contributed by atoms with Crippen molar-refractivity contribution in [3.63, 3.8) is 0 Å². The molecule has 1 N–H and O–H groups in total. The van der Waals surface area contributed by atoms with Crippen LogP contribution in [-0.2, 0) is 18.5 Å².